The van der Waals surface area contributed by atoms with Gasteiger partial charge in [0.05, 0.1) is 34.0 Å². The number of nitrogens with one attached hydrogen (secondary N) is 1. The summed E-state index contributed by atoms with van der Waals surface area (Å²) in [5.74, 6) is 0.457. The third-order valence-electron chi connectivity index (χ3n) is 4.38. The Labute approximate surface area is 191 Å². The molecule has 0 saturated carbocycles. The minimum absolute atomic E-state index is 0.299. The van der Waals surface area contributed by atoms with Crippen LogP contribution < -0.4 is 14.8 Å². The van der Waals surface area contributed by atoms with Crippen LogP contribution >= 0.6 is 11.3 Å². The van der Waals surface area contributed by atoms with E-state index < -0.39 is 5.97 Å². The lowest BCUT2D eigenvalue weighted by atomic mass is 10.2. The smallest absolute Gasteiger partial charge is 0.338 e. The van der Waals surface area contributed by atoms with Crippen LogP contribution in [0.4, 0.5) is 0 Å². The molecule has 0 radical (unpaired) electrons. The predicted octanol–water partition coefficient (Wildman–Crippen LogP) is 4.25. The second kappa shape index (κ2) is 11.5. The number of hydrogen-bond acceptors (Lipinski definition) is 7. The first-order chi connectivity index (χ1) is 15.5. The predicted molar refractivity (Wildman–Crippen MR) is 125 cm³/mol. The third-order valence-corrected chi connectivity index (χ3v) is 5.48. The number of hydrogen-bond donors (Lipinski definition) is 1. The summed E-state index contributed by atoms with van der Waals surface area (Å²) in [6.45, 7) is 7.01. The Bertz CT molecular complexity index is 1030. The summed E-state index contributed by atoms with van der Waals surface area (Å²) in [5, 5.41) is 3.71. The van der Waals surface area contributed by atoms with Crippen molar-refractivity contribution in [1.29, 1.82) is 0 Å². The molecule has 1 aromatic heterocycles. The van der Waals surface area contributed by atoms with E-state index in [9.17, 15) is 9.59 Å². The van der Waals surface area contributed by atoms with Gasteiger partial charge in [-0.2, -0.15) is 0 Å². The van der Waals surface area contributed by atoms with Gasteiger partial charge in [-0.3, -0.25) is 4.79 Å². The number of aromatic nitrogens is 1. The number of rotatable bonds is 11. The fraction of sp³-hybridized carbons (Fsp3) is 0.375. The van der Waals surface area contributed by atoms with Gasteiger partial charge in [0.2, 0.25) is 0 Å². The maximum Gasteiger partial charge on any atom is 0.338 e. The molecule has 1 N–H and O–H groups in total. The van der Waals surface area contributed by atoms with Crippen LogP contribution in [0.15, 0.2) is 42.5 Å². The molecule has 0 aliphatic rings. The molecule has 0 atom stereocenters. The van der Waals surface area contributed by atoms with E-state index >= 15 is 0 Å². The molecule has 170 valence electrons. The zero-order chi connectivity index (χ0) is 22.9. The first-order valence-corrected chi connectivity index (χ1v) is 11.5. The molecule has 8 heteroatoms. The van der Waals surface area contributed by atoms with Gasteiger partial charge in [0.15, 0.2) is 18.1 Å². The molecule has 32 heavy (non-hydrogen) atoms. The van der Waals surface area contributed by atoms with Crippen LogP contribution in [0.1, 0.15) is 36.1 Å². The fourth-order valence-corrected chi connectivity index (χ4v) is 3.85. The molecule has 0 bridgehead atoms. The highest BCUT2D eigenvalue weighted by Gasteiger charge is 2.15. The maximum absolute atomic E-state index is 12.4. The van der Waals surface area contributed by atoms with E-state index in [1.54, 1.807) is 29.5 Å². The number of carbonyl (C=O) groups is 2. The normalized spacial score (nSPS) is 10.9. The molecular weight excluding hydrogens is 428 g/mol. The highest BCUT2D eigenvalue weighted by molar-refractivity contribution is 7.18. The average Bonchev–Trinajstić information content (AvgIpc) is 3.19. The molecule has 1 heterocycles. The van der Waals surface area contributed by atoms with Crippen molar-refractivity contribution in [1.82, 2.24) is 10.3 Å². The van der Waals surface area contributed by atoms with Crippen molar-refractivity contribution in [3.63, 3.8) is 0 Å². The second-order valence-electron chi connectivity index (χ2n) is 7.55. The molecule has 3 aromatic rings. The lowest BCUT2D eigenvalue weighted by Gasteiger charge is -2.14. The van der Waals surface area contributed by atoms with Crippen LogP contribution in [0.3, 0.4) is 0 Å². The molecule has 0 unspecified atom stereocenters. The van der Waals surface area contributed by atoms with E-state index in [0.29, 0.717) is 49.2 Å². The molecule has 1 amide bonds. The number of fused-ring (bicyclic) bond motifs is 1. The number of nitrogens with zero attached hydrogens (tertiary/aromatic N) is 1. The maximum atomic E-state index is 12.4. The summed E-state index contributed by atoms with van der Waals surface area (Å²) >= 11 is 1.61. The Balaban J connectivity index is 1.47. The van der Waals surface area contributed by atoms with Gasteiger partial charge in [-0.05, 0) is 43.2 Å². The largest absolute Gasteiger partial charge is 0.490 e. The van der Waals surface area contributed by atoms with Gasteiger partial charge in [-0.25, -0.2) is 9.78 Å². The Morgan fingerprint density at radius 2 is 1.91 bits per heavy atom. The summed E-state index contributed by atoms with van der Waals surface area (Å²) in [7, 11) is 0. The minimum atomic E-state index is -0.595. The van der Waals surface area contributed by atoms with E-state index in [2.05, 4.69) is 24.1 Å². The lowest BCUT2D eigenvalue weighted by Crippen LogP contribution is -2.30. The number of esters is 1. The first kappa shape index (κ1) is 23.5. The summed E-state index contributed by atoms with van der Waals surface area (Å²) in [6.07, 6.45) is 0.620. The average molecular weight is 457 g/mol. The van der Waals surface area contributed by atoms with Gasteiger partial charge in [0.25, 0.3) is 5.91 Å². The van der Waals surface area contributed by atoms with E-state index in [-0.39, 0.29) is 12.5 Å². The SMILES string of the molecule is CCOc1cc(C(=O)OCC(=O)NCCc2nc3ccccc3s2)ccc1OCC(C)C. The van der Waals surface area contributed by atoms with Gasteiger partial charge < -0.3 is 19.5 Å². The van der Waals surface area contributed by atoms with E-state index in [1.807, 2.05) is 31.2 Å². The number of ether oxygens (including phenoxy) is 3. The van der Waals surface area contributed by atoms with Crippen LogP contribution in [0.5, 0.6) is 11.5 Å². The van der Waals surface area contributed by atoms with E-state index in [0.717, 1.165) is 15.2 Å². The van der Waals surface area contributed by atoms with Crippen molar-refractivity contribution >= 4 is 33.4 Å². The summed E-state index contributed by atoms with van der Waals surface area (Å²) in [6, 6.07) is 12.8. The molecule has 0 aliphatic heterocycles. The lowest BCUT2D eigenvalue weighted by molar-refractivity contribution is -0.124. The number of benzene rings is 2. The number of amides is 1. The second-order valence-corrected chi connectivity index (χ2v) is 8.67. The third kappa shape index (κ3) is 6.68. The van der Waals surface area contributed by atoms with Gasteiger partial charge in [0, 0.05) is 13.0 Å². The number of para-hydroxylation sites is 1. The van der Waals surface area contributed by atoms with E-state index in [1.165, 1.54) is 0 Å². The van der Waals surface area contributed by atoms with Crippen molar-refractivity contribution < 1.29 is 23.8 Å². The Hall–Kier alpha value is -3.13. The van der Waals surface area contributed by atoms with Gasteiger partial charge in [-0.15, -0.1) is 11.3 Å². The van der Waals surface area contributed by atoms with Crippen LogP contribution in [-0.4, -0.2) is 43.2 Å². The van der Waals surface area contributed by atoms with Crippen LogP contribution in [0, 0.1) is 5.92 Å². The van der Waals surface area contributed by atoms with Gasteiger partial charge in [0.1, 0.15) is 0 Å². The Kier molecular flexibility index (Phi) is 8.44. The van der Waals surface area contributed by atoms with E-state index in [4.69, 9.17) is 14.2 Å². The molecule has 2 aromatic carbocycles. The van der Waals surface area contributed by atoms with Crippen LogP contribution in [-0.2, 0) is 16.0 Å². The van der Waals surface area contributed by atoms with Crippen molar-refractivity contribution in [2.75, 3.05) is 26.4 Å². The summed E-state index contributed by atoms with van der Waals surface area (Å²) < 4.78 is 17.6. The minimum Gasteiger partial charge on any atom is -0.490 e. The van der Waals surface area contributed by atoms with Crippen molar-refractivity contribution in [3.05, 3.63) is 53.0 Å². The zero-order valence-electron chi connectivity index (χ0n) is 18.6. The number of thiazole rings is 1. The first-order valence-electron chi connectivity index (χ1n) is 10.6. The van der Waals surface area contributed by atoms with Gasteiger partial charge in [-0.1, -0.05) is 26.0 Å². The van der Waals surface area contributed by atoms with Crippen molar-refractivity contribution in [2.24, 2.45) is 5.92 Å². The highest BCUT2D eigenvalue weighted by atomic mass is 32.1. The Morgan fingerprint density at radius 3 is 2.66 bits per heavy atom. The molecule has 0 saturated heterocycles. The van der Waals surface area contributed by atoms with Crippen molar-refractivity contribution in [2.45, 2.75) is 27.2 Å². The Morgan fingerprint density at radius 1 is 1.09 bits per heavy atom. The van der Waals surface area contributed by atoms with Gasteiger partial charge >= 0.3 is 5.97 Å². The summed E-state index contributed by atoms with van der Waals surface area (Å²) in [5.41, 5.74) is 1.26. The van der Waals surface area contributed by atoms with Crippen LogP contribution in [0.2, 0.25) is 0 Å². The molecule has 0 fully saturated rings. The standard InChI is InChI=1S/C24H28N2O5S/c1-4-29-20-13-17(9-10-19(20)30-14-16(2)3)24(28)31-15-22(27)25-12-11-23-26-18-7-5-6-8-21(18)32-23/h5-10,13,16H,4,11-12,14-15H2,1-3H3,(H,25,27). The molecule has 0 spiro atoms. The molecular formula is C24H28N2O5S. The number of carbonyl (C=O) groups excluding carboxylic acids is 2. The summed E-state index contributed by atoms with van der Waals surface area (Å²) in [4.78, 5) is 29.0. The van der Waals surface area contributed by atoms with Crippen LogP contribution in [0.25, 0.3) is 10.2 Å². The monoisotopic (exact) mass is 456 g/mol. The molecule has 3 rings (SSSR count). The highest BCUT2D eigenvalue weighted by Crippen LogP contribution is 2.29. The topological polar surface area (TPSA) is 86.8 Å². The fourth-order valence-electron chi connectivity index (χ4n) is 2.88. The molecule has 7 nitrogen and oxygen atoms in total. The van der Waals surface area contributed by atoms with Crippen molar-refractivity contribution in [3.8, 4) is 11.5 Å². The quantitative estimate of drug-likeness (QED) is 0.434. The molecule has 0 aliphatic carbocycles. The zero-order valence-corrected chi connectivity index (χ0v) is 19.4.